The van der Waals surface area contributed by atoms with Gasteiger partial charge < -0.3 is 0 Å². The molecular formula is C110H106F9N21+6. The molecular weight excluding hydrogens is 1790 g/mol. The lowest BCUT2D eigenvalue weighted by molar-refractivity contribution is -0.990. The molecule has 18 aromatic rings. The summed E-state index contributed by atoms with van der Waals surface area (Å²) < 4.78 is 151. The summed E-state index contributed by atoms with van der Waals surface area (Å²) in [6.45, 7) is 44.6. The zero-order valence-electron chi connectivity index (χ0n) is 81.6. The van der Waals surface area contributed by atoms with Gasteiger partial charge in [0.2, 0.25) is 34.6 Å². The van der Waals surface area contributed by atoms with Crippen molar-refractivity contribution in [1.29, 1.82) is 0 Å². The molecule has 0 bridgehead atoms. The zero-order valence-corrected chi connectivity index (χ0v) is 81.6. The Balaban J connectivity index is 0.000000121. The summed E-state index contributed by atoms with van der Waals surface area (Å²) in [4.78, 5) is 14.3. The number of rotatable bonds is 9. The molecule has 6 aliphatic heterocycles. The van der Waals surface area contributed by atoms with Gasteiger partial charge in [-0.15, -0.1) is 29.3 Å². The van der Waals surface area contributed by atoms with Gasteiger partial charge in [-0.25, -0.2) is 15.0 Å². The molecule has 0 radical (unpaired) electrons. The van der Waals surface area contributed by atoms with Crippen LogP contribution in [0.5, 0.6) is 0 Å². The number of fused-ring (bicyclic) bond motifs is 36. The Kier molecular flexibility index (Phi) is 20.0. The number of halogens is 9. The normalized spacial score (nSPS) is 16.7. The largest absolute Gasteiger partial charge is 0.584 e. The van der Waals surface area contributed by atoms with E-state index in [4.69, 9.17) is 25.3 Å². The molecule has 0 N–H and O–H groups in total. The molecule has 0 saturated carbocycles. The van der Waals surface area contributed by atoms with Crippen molar-refractivity contribution < 1.29 is 66.9 Å². The van der Waals surface area contributed by atoms with Gasteiger partial charge in [0.05, 0.1) is 21.7 Å². The first-order valence-corrected chi connectivity index (χ1v) is 47.6. The molecule has 12 aromatic heterocycles. The van der Waals surface area contributed by atoms with Crippen LogP contribution >= 0.6 is 0 Å². The number of pyridine rings is 6. The molecule has 18 heterocycles. The molecule has 30 heteroatoms. The average molecular weight is 1890 g/mol. The van der Waals surface area contributed by atoms with Crippen LogP contribution in [0.15, 0.2) is 225 Å². The summed E-state index contributed by atoms with van der Waals surface area (Å²) >= 11 is 0. The van der Waals surface area contributed by atoms with Crippen molar-refractivity contribution in [2.75, 3.05) is 0 Å². The first kappa shape index (κ1) is 90.6. The van der Waals surface area contributed by atoms with Gasteiger partial charge in [-0.2, -0.15) is 54.8 Å². The highest BCUT2D eigenvalue weighted by atomic mass is 19.4. The lowest BCUT2D eigenvalue weighted by Crippen LogP contribution is -2.77. The van der Waals surface area contributed by atoms with E-state index in [1.807, 2.05) is 134 Å². The van der Waals surface area contributed by atoms with Crippen molar-refractivity contribution in [3.63, 3.8) is 0 Å². The molecule has 0 amide bonds. The zero-order chi connectivity index (χ0) is 98.9. The van der Waals surface area contributed by atoms with Gasteiger partial charge in [0.1, 0.15) is 17.5 Å². The fourth-order valence-corrected chi connectivity index (χ4v) is 22.2. The molecule has 3 spiro atoms. The highest BCUT2D eigenvalue weighted by Gasteiger charge is 2.75. The van der Waals surface area contributed by atoms with E-state index >= 15 is 0 Å². The van der Waals surface area contributed by atoms with Crippen molar-refractivity contribution in [1.82, 2.24) is 73.6 Å². The molecule has 140 heavy (non-hydrogen) atoms. The SMILES string of the molecule is Cc1nc2n(n1)C1(n3nc(C(F)(F)F)cc3-c3c4ccc(-c5c(C(C)C)cccc5C(C)C)cc4cc[n+]31)[n+]1ccc(C(C)(C)C)cc1-2.Cc1nc2n(n1)C1(n3nc(C(F)(F)F)cc3-c3c4ccc(-c5c(C(C)C)cccc5C(C)C)cc4cc[n+]31)[n+]1ccccc1-2.Cc1nc2n(n1)C1(n3nc(C(F)(F)F)cc3-c3c4ccccc4c(-c4c(C(C)C)cccc4C(C)C)c[n+]31)[n+]1ccc(C(C)(C)C)cc1-2. The topological polar surface area (TPSA) is 169 Å². The maximum absolute atomic E-state index is 14.5. The van der Waals surface area contributed by atoms with Gasteiger partial charge in [0.25, 0.3) is 17.1 Å². The van der Waals surface area contributed by atoms with Crippen LogP contribution in [-0.4, -0.2) is 73.6 Å². The second-order valence-corrected chi connectivity index (χ2v) is 41.6. The van der Waals surface area contributed by atoms with Crippen LogP contribution < -0.4 is 27.4 Å². The van der Waals surface area contributed by atoms with E-state index in [2.05, 4.69) is 253 Å². The molecule has 6 aromatic carbocycles. The number of nitrogens with zero attached hydrogens (tertiary/aromatic N) is 21. The summed E-state index contributed by atoms with van der Waals surface area (Å²) in [6, 6.07) is 61.4. The van der Waals surface area contributed by atoms with E-state index in [0.29, 0.717) is 92.8 Å². The molecule has 6 aliphatic rings. The van der Waals surface area contributed by atoms with E-state index < -0.39 is 53.3 Å². The van der Waals surface area contributed by atoms with Crippen LogP contribution in [0.25, 0.3) is 134 Å². The van der Waals surface area contributed by atoms with E-state index in [1.165, 1.54) is 64.6 Å². The fourth-order valence-electron chi connectivity index (χ4n) is 22.2. The molecule has 3 atom stereocenters. The predicted molar refractivity (Wildman–Crippen MR) is 513 cm³/mol. The van der Waals surface area contributed by atoms with Crippen LogP contribution in [0.1, 0.15) is 239 Å². The third-order valence-electron chi connectivity index (χ3n) is 28.5. The predicted octanol–water partition coefficient (Wildman–Crippen LogP) is 22.4. The Morgan fingerprint density at radius 2 is 0.607 bits per heavy atom. The van der Waals surface area contributed by atoms with Crippen molar-refractivity contribution in [2.45, 2.75) is 228 Å². The number of alkyl halides is 9. The first-order chi connectivity index (χ1) is 66.3. The second kappa shape index (κ2) is 31.0. The van der Waals surface area contributed by atoms with Crippen LogP contribution in [0.4, 0.5) is 39.5 Å². The van der Waals surface area contributed by atoms with Crippen LogP contribution in [0, 0.1) is 20.8 Å². The van der Waals surface area contributed by atoms with Crippen molar-refractivity contribution in [2.24, 2.45) is 0 Å². The molecule has 3 unspecified atom stereocenters. The summed E-state index contributed by atoms with van der Waals surface area (Å²) in [5.74, 6) is 0.671. The average Bonchev–Trinajstić information content (AvgIpc) is 1.52. The monoisotopic (exact) mass is 1890 g/mol. The molecule has 0 aliphatic carbocycles. The number of hydrogen-bond donors (Lipinski definition) is 0. The van der Waals surface area contributed by atoms with Crippen molar-refractivity contribution in [3.05, 3.63) is 304 Å². The van der Waals surface area contributed by atoms with Gasteiger partial charge in [-0.3, -0.25) is 0 Å². The van der Waals surface area contributed by atoms with Crippen LogP contribution in [0.3, 0.4) is 0 Å². The fraction of sp³-hybridized carbons (Fsp3) is 0.318. The molecule has 21 nitrogen and oxygen atoms in total. The number of benzene rings is 6. The number of aryl methyl sites for hydroxylation is 3. The maximum Gasteiger partial charge on any atom is 0.584 e. The van der Waals surface area contributed by atoms with Crippen molar-refractivity contribution >= 4 is 32.3 Å². The Labute approximate surface area is 802 Å². The van der Waals surface area contributed by atoms with E-state index in [9.17, 15) is 39.5 Å². The van der Waals surface area contributed by atoms with Gasteiger partial charge in [0, 0.05) is 72.1 Å². The van der Waals surface area contributed by atoms with Crippen LogP contribution in [0.2, 0.25) is 0 Å². The smallest absolute Gasteiger partial charge is 0.206 e. The number of hydrogen-bond acceptors (Lipinski definition) is 9. The van der Waals surface area contributed by atoms with Gasteiger partial charge in [0.15, 0.2) is 71.3 Å². The maximum atomic E-state index is 14.5. The van der Waals surface area contributed by atoms with E-state index in [0.717, 1.165) is 94.9 Å². The molecule has 708 valence electrons. The third-order valence-corrected chi connectivity index (χ3v) is 28.5. The summed E-state index contributed by atoms with van der Waals surface area (Å²) in [5.41, 5.74) is 18.4. The molecule has 0 saturated heterocycles. The second-order valence-electron chi connectivity index (χ2n) is 41.6. The van der Waals surface area contributed by atoms with E-state index in [1.54, 1.807) is 27.9 Å². The number of aromatic nitrogens is 21. The minimum absolute atomic E-state index is 0.163. The first-order valence-electron chi connectivity index (χ1n) is 47.6. The minimum atomic E-state index is -4.65. The van der Waals surface area contributed by atoms with Gasteiger partial charge >= 0.3 is 36.3 Å². The van der Waals surface area contributed by atoms with E-state index in [-0.39, 0.29) is 22.7 Å². The van der Waals surface area contributed by atoms with Crippen LogP contribution in [-0.2, 0) is 47.1 Å². The van der Waals surface area contributed by atoms with Gasteiger partial charge in [-0.05, 0) is 187 Å². The van der Waals surface area contributed by atoms with Gasteiger partial charge in [-0.1, -0.05) is 251 Å². The Morgan fingerprint density at radius 1 is 0.286 bits per heavy atom. The third kappa shape index (κ3) is 13.0. The quantitative estimate of drug-likeness (QED) is 0.101. The molecule has 24 rings (SSSR count). The summed E-state index contributed by atoms with van der Waals surface area (Å²) in [7, 11) is 0. The highest BCUT2D eigenvalue weighted by Crippen LogP contribution is 2.52. The Hall–Kier alpha value is -14.6. The minimum Gasteiger partial charge on any atom is -0.206 e. The summed E-state index contributed by atoms with van der Waals surface area (Å²) in [5, 5.41) is 32.5. The molecule has 0 fully saturated rings. The highest BCUT2D eigenvalue weighted by molar-refractivity contribution is 6.03. The summed E-state index contributed by atoms with van der Waals surface area (Å²) in [6.07, 6.45) is -2.23. The Bertz CT molecular complexity index is 8200. The lowest BCUT2D eigenvalue weighted by Gasteiger charge is -2.22. The van der Waals surface area contributed by atoms with Crippen molar-refractivity contribution in [3.8, 4) is 102 Å². The lowest BCUT2D eigenvalue weighted by atomic mass is 9.84. The standard InChI is InChI=1S/2C38H38F3N7.C34H30F3N7/c1-21(2)25-14-11-15-26(22(3)4)33(25)29-20-46-34(28-13-10-9-12-27(28)29)30-19-32(37(39,40)41)44-47(30)38(46)45-17-16-24(36(6,7)8)18-31(45)35-42-23(5)43-48(35)38;1-21(2)27-10-9-11-28(22(3)4)33(27)25-12-13-29-24(18-25)14-16-46-34(29)30-20-32(37(39,40)41)44-47(30)38(46)45-17-15-26(36(6,7)8)19-31(45)35-42-23(5)43-48(35)38;1-19(2)24-9-8-10-25(20(3)4)30(24)23-12-13-26-22(17-23)14-16-42-31(26)28-18-29(33(35,36)37)40-43(28)34(42)41-15-7-6-11-27(41)32-38-21(5)39-44(32)34/h2*9-22H,1-8H3;6-20H,1-5H3/q3*+2. The Morgan fingerprint density at radius 3 is 0.964 bits per heavy atom.